The van der Waals surface area contributed by atoms with Crippen LogP contribution in [0.3, 0.4) is 0 Å². The number of anilines is 2. The predicted octanol–water partition coefficient (Wildman–Crippen LogP) is 2.16. The maximum Gasteiger partial charge on any atom is 0.143 e. The van der Waals surface area contributed by atoms with E-state index >= 15 is 0 Å². The molecule has 0 radical (unpaired) electrons. The first-order chi connectivity index (χ1) is 8.86. The summed E-state index contributed by atoms with van der Waals surface area (Å²) in [5, 5.41) is 4.24. The lowest BCUT2D eigenvalue weighted by atomic mass is 10.2. The van der Waals surface area contributed by atoms with Gasteiger partial charge in [0.2, 0.25) is 0 Å². The molecular weight excluding hydrogens is 226 g/mol. The van der Waals surface area contributed by atoms with Crippen LogP contribution in [-0.4, -0.2) is 15.0 Å². The van der Waals surface area contributed by atoms with Crippen LogP contribution in [0.1, 0.15) is 5.56 Å². The van der Waals surface area contributed by atoms with Gasteiger partial charge in [0.1, 0.15) is 17.8 Å². The van der Waals surface area contributed by atoms with E-state index in [9.17, 15) is 0 Å². The van der Waals surface area contributed by atoms with E-state index in [1.54, 1.807) is 0 Å². The first kappa shape index (κ1) is 10.7. The minimum Gasteiger partial charge on any atom is -0.346 e. The van der Waals surface area contributed by atoms with Crippen LogP contribution in [0.15, 0.2) is 42.9 Å². The molecule has 0 aliphatic heterocycles. The highest BCUT2D eigenvalue weighted by atomic mass is 15.0. The highest BCUT2D eigenvalue weighted by Gasteiger charge is 2.04. The molecule has 0 unspecified atom stereocenters. The van der Waals surface area contributed by atoms with Crippen molar-refractivity contribution in [2.75, 3.05) is 5.32 Å². The van der Waals surface area contributed by atoms with Gasteiger partial charge >= 0.3 is 0 Å². The Morgan fingerprint density at radius 3 is 2.72 bits per heavy atom. The molecule has 5 nitrogen and oxygen atoms in total. The number of aromatic amines is 1. The Labute approximate surface area is 104 Å². The van der Waals surface area contributed by atoms with E-state index in [1.165, 1.54) is 6.33 Å². The molecule has 2 aromatic heterocycles. The zero-order chi connectivity index (χ0) is 12.4. The average Bonchev–Trinajstić information content (AvgIpc) is 2.89. The number of nitrogens with one attached hydrogen (secondary N) is 2. The fraction of sp³-hybridized carbons (Fsp3) is 0.0769. The van der Waals surface area contributed by atoms with Gasteiger partial charge in [-0.15, -0.1) is 0 Å². The van der Waals surface area contributed by atoms with Gasteiger partial charge in [-0.25, -0.2) is 9.97 Å². The summed E-state index contributed by atoms with van der Waals surface area (Å²) in [4.78, 5) is 11.5. The van der Waals surface area contributed by atoms with Crippen molar-refractivity contribution < 1.29 is 0 Å². The molecular formula is C13H13N5. The summed E-state index contributed by atoms with van der Waals surface area (Å²) in [7, 11) is 0. The summed E-state index contributed by atoms with van der Waals surface area (Å²) in [5.74, 6) is 0.793. The fourth-order valence-corrected chi connectivity index (χ4v) is 1.83. The number of hydrogen-bond donors (Lipinski definition) is 3. The topological polar surface area (TPSA) is 79.6 Å². The minimum absolute atomic E-state index is 0.551. The van der Waals surface area contributed by atoms with Crippen LogP contribution in [0.5, 0.6) is 0 Å². The van der Waals surface area contributed by atoms with Crippen molar-refractivity contribution in [3.8, 4) is 0 Å². The van der Waals surface area contributed by atoms with Gasteiger partial charge in [0.25, 0.3) is 0 Å². The third kappa shape index (κ3) is 1.91. The molecule has 0 amide bonds. The predicted molar refractivity (Wildman–Crippen MR) is 71.5 cm³/mol. The monoisotopic (exact) mass is 239 g/mol. The average molecular weight is 239 g/mol. The Hall–Kier alpha value is -2.40. The van der Waals surface area contributed by atoms with Gasteiger partial charge < -0.3 is 16.0 Å². The second-order valence-corrected chi connectivity index (χ2v) is 3.99. The standard InChI is InChI=1S/C13H13N5/c14-7-9-1-3-10(4-2-9)18-13-11-5-6-15-12(11)16-8-17-13/h1-6,8H,7,14H2,(H2,15,16,17,18). The van der Waals surface area contributed by atoms with Crippen LogP contribution in [0.25, 0.3) is 11.0 Å². The molecule has 0 spiro atoms. The largest absolute Gasteiger partial charge is 0.346 e. The molecule has 90 valence electrons. The molecule has 0 aliphatic rings. The van der Waals surface area contributed by atoms with Gasteiger partial charge in [-0.1, -0.05) is 12.1 Å². The van der Waals surface area contributed by atoms with Crippen LogP contribution < -0.4 is 11.1 Å². The molecule has 5 heteroatoms. The first-order valence-electron chi connectivity index (χ1n) is 5.71. The van der Waals surface area contributed by atoms with Crippen LogP contribution in [0, 0.1) is 0 Å². The van der Waals surface area contributed by atoms with E-state index in [-0.39, 0.29) is 0 Å². The fourth-order valence-electron chi connectivity index (χ4n) is 1.83. The zero-order valence-electron chi connectivity index (χ0n) is 9.72. The summed E-state index contributed by atoms with van der Waals surface area (Å²) in [6.45, 7) is 0.551. The van der Waals surface area contributed by atoms with Crippen molar-refractivity contribution in [3.63, 3.8) is 0 Å². The number of rotatable bonds is 3. The van der Waals surface area contributed by atoms with Crippen molar-refractivity contribution in [2.24, 2.45) is 5.73 Å². The Morgan fingerprint density at radius 1 is 1.11 bits per heavy atom. The Bertz CT molecular complexity index is 656. The van der Waals surface area contributed by atoms with Gasteiger partial charge in [-0.05, 0) is 23.8 Å². The molecule has 0 atom stereocenters. The summed E-state index contributed by atoms with van der Waals surface area (Å²) < 4.78 is 0. The van der Waals surface area contributed by atoms with Gasteiger partial charge in [0, 0.05) is 18.4 Å². The van der Waals surface area contributed by atoms with Gasteiger partial charge in [0.15, 0.2) is 0 Å². The van der Waals surface area contributed by atoms with E-state index in [2.05, 4.69) is 20.3 Å². The Morgan fingerprint density at radius 2 is 1.94 bits per heavy atom. The molecule has 0 saturated heterocycles. The lowest BCUT2D eigenvalue weighted by molar-refractivity contribution is 1.07. The maximum atomic E-state index is 5.57. The summed E-state index contributed by atoms with van der Waals surface area (Å²) in [6, 6.07) is 9.92. The molecule has 0 aliphatic carbocycles. The van der Waals surface area contributed by atoms with Crippen molar-refractivity contribution in [3.05, 3.63) is 48.4 Å². The summed E-state index contributed by atoms with van der Waals surface area (Å²) >= 11 is 0. The molecule has 0 fully saturated rings. The third-order valence-corrected chi connectivity index (χ3v) is 2.81. The van der Waals surface area contributed by atoms with Gasteiger partial charge in [0.05, 0.1) is 5.39 Å². The van der Waals surface area contributed by atoms with E-state index < -0.39 is 0 Å². The molecule has 4 N–H and O–H groups in total. The highest BCUT2D eigenvalue weighted by Crippen LogP contribution is 2.22. The molecule has 1 aromatic carbocycles. The third-order valence-electron chi connectivity index (χ3n) is 2.81. The lowest BCUT2D eigenvalue weighted by Gasteiger charge is -2.06. The number of fused-ring (bicyclic) bond motifs is 1. The zero-order valence-corrected chi connectivity index (χ0v) is 9.72. The second-order valence-electron chi connectivity index (χ2n) is 3.99. The number of aromatic nitrogens is 3. The second kappa shape index (κ2) is 4.46. The van der Waals surface area contributed by atoms with Crippen molar-refractivity contribution >= 4 is 22.5 Å². The highest BCUT2D eigenvalue weighted by molar-refractivity contribution is 5.88. The Balaban J connectivity index is 1.93. The van der Waals surface area contributed by atoms with E-state index in [4.69, 9.17) is 5.73 Å². The van der Waals surface area contributed by atoms with Crippen LogP contribution in [0.2, 0.25) is 0 Å². The number of H-pyrrole nitrogens is 1. The van der Waals surface area contributed by atoms with Crippen LogP contribution >= 0.6 is 0 Å². The molecule has 3 aromatic rings. The lowest BCUT2D eigenvalue weighted by Crippen LogP contribution is -1.98. The Kier molecular flexibility index (Phi) is 2.66. The van der Waals surface area contributed by atoms with Crippen molar-refractivity contribution in [1.29, 1.82) is 0 Å². The van der Waals surface area contributed by atoms with E-state index in [0.29, 0.717) is 6.54 Å². The van der Waals surface area contributed by atoms with E-state index in [0.717, 1.165) is 28.1 Å². The summed E-state index contributed by atoms with van der Waals surface area (Å²) in [6.07, 6.45) is 3.39. The SMILES string of the molecule is NCc1ccc(Nc2ncnc3[nH]ccc23)cc1. The smallest absolute Gasteiger partial charge is 0.143 e. The maximum absolute atomic E-state index is 5.57. The van der Waals surface area contributed by atoms with Crippen LogP contribution in [-0.2, 0) is 6.54 Å². The van der Waals surface area contributed by atoms with E-state index in [1.807, 2.05) is 36.5 Å². The van der Waals surface area contributed by atoms with Crippen LogP contribution in [0.4, 0.5) is 11.5 Å². The normalized spacial score (nSPS) is 10.7. The molecule has 0 saturated carbocycles. The number of nitrogens with two attached hydrogens (primary N) is 1. The number of benzene rings is 1. The number of hydrogen-bond acceptors (Lipinski definition) is 4. The quantitative estimate of drug-likeness (QED) is 0.654. The minimum atomic E-state index is 0.551. The van der Waals surface area contributed by atoms with Gasteiger partial charge in [-0.2, -0.15) is 0 Å². The first-order valence-corrected chi connectivity index (χ1v) is 5.71. The molecule has 2 heterocycles. The van der Waals surface area contributed by atoms with Crippen molar-refractivity contribution in [1.82, 2.24) is 15.0 Å². The molecule has 0 bridgehead atoms. The summed E-state index contributed by atoms with van der Waals surface area (Å²) in [5.41, 5.74) is 8.48. The van der Waals surface area contributed by atoms with Crippen molar-refractivity contribution in [2.45, 2.75) is 6.54 Å². The van der Waals surface area contributed by atoms with Gasteiger partial charge in [-0.3, -0.25) is 0 Å². The molecule has 3 rings (SSSR count). The molecule has 18 heavy (non-hydrogen) atoms. The number of nitrogens with zero attached hydrogens (tertiary/aromatic N) is 2.